The van der Waals surface area contributed by atoms with Crippen LogP contribution in [-0.2, 0) is 0 Å². The van der Waals surface area contributed by atoms with Gasteiger partial charge in [-0.2, -0.15) is 4.98 Å². The molecule has 2 aromatic rings. The number of benzene rings is 1. The Labute approximate surface area is 121 Å². The molecule has 0 unspecified atom stereocenters. The Morgan fingerprint density at radius 2 is 2.14 bits per heavy atom. The van der Waals surface area contributed by atoms with E-state index in [0.29, 0.717) is 29.8 Å². The summed E-state index contributed by atoms with van der Waals surface area (Å²) in [5.41, 5.74) is 5.99. The molecule has 2 heterocycles. The lowest BCUT2D eigenvalue weighted by molar-refractivity contribution is 0.411. The molecule has 1 aliphatic rings. The summed E-state index contributed by atoms with van der Waals surface area (Å²) in [5, 5.41) is 16.7. The highest BCUT2D eigenvalue weighted by molar-refractivity contribution is 5.64. The molecular formula is C14H18FN5O. The van der Waals surface area contributed by atoms with Crippen LogP contribution in [0.4, 0.5) is 10.3 Å². The summed E-state index contributed by atoms with van der Waals surface area (Å²) in [7, 11) is 0. The third kappa shape index (κ3) is 2.82. The number of nitrogens with two attached hydrogens (primary N) is 1. The van der Waals surface area contributed by atoms with Crippen LogP contribution in [-0.4, -0.2) is 39.9 Å². The molecule has 0 saturated carbocycles. The number of nitrogens with zero attached hydrogens (tertiary/aromatic N) is 3. The Hall–Kier alpha value is -2.15. The highest BCUT2D eigenvalue weighted by Gasteiger charge is 2.21. The van der Waals surface area contributed by atoms with Gasteiger partial charge in [-0.15, -0.1) is 5.10 Å². The normalized spacial score (nSPS) is 16.4. The highest BCUT2D eigenvalue weighted by atomic mass is 19.1. The summed E-state index contributed by atoms with van der Waals surface area (Å²) in [6.45, 7) is 2.42. The molecular weight excluding hydrogens is 273 g/mol. The summed E-state index contributed by atoms with van der Waals surface area (Å²) in [4.78, 5) is 6.43. The Kier molecular flexibility index (Phi) is 3.74. The topological polar surface area (TPSA) is 91.1 Å². The number of hydrogen-bond acceptors (Lipinski definition) is 5. The summed E-state index contributed by atoms with van der Waals surface area (Å²) >= 11 is 0. The molecule has 7 heteroatoms. The number of phenols is 1. The number of H-pyrrole nitrogens is 1. The molecule has 112 valence electrons. The highest BCUT2D eigenvalue weighted by Crippen LogP contribution is 2.28. The average Bonchev–Trinajstić information content (AvgIpc) is 2.99. The minimum absolute atomic E-state index is 0.0269. The molecule has 0 radical (unpaired) electrons. The van der Waals surface area contributed by atoms with Crippen LogP contribution in [0.3, 0.4) is 0 Å². The first-order chi connectivity index (χ1) is 10.2. The van der Waals surface area contributed by atoms with Crippen LogP contribution in [0.2, 0.25) is 0 Å². The van der Waals surface area contributed by atoms with E-state index in [-0.39, 0.29) is 5.75 Å². The summed E-state index contributed by atoms with van der Waals surface area (Å²) in [6.07, 6.45) is 2.04. The number of piperidine rings is 1. The zero-order chi connectivity index (χ0) is 14.8. The van der Waals surface area contributed by atoms with E-state index in [1.165, 1.54) is 18.2 Å². The van der Waals surface area contributed by atoms with Gasteiger partial charge >= 0.3 is 0 Å². The van der Waals surface area contributed by atoms with Crippen molar-refractivity contribution >= 4 is 5.95 Å². The number of halogens is 1. The summed E-state index contributed by atoms with van der Waals surface area (Å²) < 4.78 is 13.3. The number of aromatic amines is 1. The largest absolute Gasteiger partial charge is 0.507 e. The molecule has 1 aromatic heterocycles. The molecule has 1 aromatic carbocycles. The minimum Gasteiger partial charge on any atom is -0.507 e. The second-order valence-electron chi connectivity index (χ2n) is 5.31. The van der Waals surface area contributed by atoms with Gasteiger partial charge in [0.25, 0.3) is 0 Å². The number of hydrogen-bond donors (Lipinski definition) is 3. The first-order valence-corrected chi connectivity index (χ1v) is 7.03. The second-order valence-corrected chi connectivity index (χ2v) is 5.31. The monoisotopic (exact) mass is 291 g/mol. The van der Waals surface area contributed by atoms with Gasteiger partial charge in [0.1, 0.15) is 11.6 Å². The van der Waals surface area contributed by atoms with Crippen LogP contribution in [0.1, 0.15) is 12.8 Å². The standard InChI is InChI=1S/C14H18FN5O/c15-10-1-2-12(21)11(7-10)13-17-14(19-18-13)20-5-3-9(8-16)4-6-20/h1-2,7,9,21H,3-6,8,16H2,(H,17,18,19). The van der Waals surface area contributed by atoms with E-state index >= 15 is 0 Å². The Balaban J connectivity index is 1.79. The van der Waals surface area contributed by atoms with Gasteiger partial charge in [0.2, 0.25) is 5.95 Å². The number of rotatable bonds is 3. The number of aromatic hydroxyl groups is 1. The molecule has 0 atom stereocenters. The smallest absolute Gasteiger partial charge is 0.245 e. The van der Waals surface area contributed by atoms with Gasteiger partial charge < -0.3 is 15.7 Å². The van der Waals surface area contributed by atoms with Crippen molar-refractivity contribution in [2.75, 3.05) is 24.5 Å². The molecule has 4 N–H and O–H groups in total. The van der Waals surface area contributed by atoms with E-state index in [9.17, 15) is 9.50 Å². The van der Waals surface area contributed by atoms with E-state index < -0.39 is 5.82 Å². The fourth-order valence-electron chi connectivity index (χ4n) is 2.58. The SMILES string of the molecule is NCC1CCN(c2n[nH]c(-c3cc(F)ccc3O)n2)CC1. The maximum atomic E-state index is 13.3. The molecule has 1 saturated heterocycles. The predicted molar refractivity (Wildman–Crippen MR) is 77.4 cm³/mol. The maximum Gasteiger partial charge on any atom is 0.245 e. The summed E-state index contributed by atoms with van der Waals surface area (Å²) in [5.74, 6) is 1.05. The van der Waals surface area contributed by atoms with E-state index in [4.69, 9.17) is 5.73 Å². The lowest BCUT2D eigenvalue weighted by Gasteiger charge is -2.30. The quantitative estimate of drug-likeness (QED) is 0.797. The van der Waals surface area contributed by atoms with Crippen LogP contribution in [0.15, 0.2) is 18.2 Å². The molecule has 0 bridgehead atoms. The Bertz CT molecular complexity index is 622. The van der Waals surface area contributed by atoms with Gasteiger partial charge in [0.15, 0.2) is 5.82 Å². The molecule has 3 rings (SSSR count). The lowest BCUT2D eigenvalue weighted by atomic mass is 9.97. The molecule has 21 heavy (non-hydrogen) atoms. The van der Waals surface area contributed by atoms with Crippen LogP contribution >= 0.6 is 0 Å². The number of phenolic OH excluding ortho intramolecular Hbond substituents is 1. The Morgan fingerprint density at radius 1 is 1.38 bits per heavy atom. The van der Waals surface area contributed by atoms with Crippen molar-refractivity contribution in [1.29, 1.82) is 0 Å². The average molecular weight is 291 g/mol. The molecule has 0 aliphatic carbocycles. The molecule has 1 aliphatic heterocycles. The van der Waals surface area contributed by atoms with E-state index in [1.54, 1.807) is 0 Å². The fourth-order valence-corrected chi connectivity index (χ4v) is 2.58. The number of nitrogens with one attached hydrogen (secondary N) is 1. The van der Waals surface area contributed by atoms with Gasteiger partial charge in [-0.05, 0) is 43.5 Å². The van der Waals surface area contributed by atoms with Crippen LogP contribution in [0, 0.1) is 11.7 Å². The first kappa shape index (κ1) is 13.8. The molecule has 0 spiro atoms. The minimum atomic E-state index is -0.426. The number of anilines is 1. The Morgan fingerprint density at radius 3 is 2.86 bits per heavy atom. The van der Waals surface area contributed by atoms with Crippen molar-refractivity contribution in [3.8, 4) is 17.1 Å². The van der Waals surface area contributed by atoms with Gasteiger partial charge in [-0.3, -0.25) is 5.10 Å². The van der Waals surface area contributed by atoms with Crippen molar-refractivity contribution < 1.29 is 9.50 Å². The maximum absolute atomic E-state index is 13.3. The number of aromatic nitrogens is 3. The van der Waals surface area contributed by atoms with Gasteiger partial charge in [0.05, 0.1) is 5.56 Å². The van der Waals surface area contributed by atoms with E-state index in [1.807, 2.05) is 0 Å². The van der Waals surface area contributed by atoms with Crippen molar-refractivity contribution in [3.05, 3.63) is 24.0 Å². The van der Waals surface area contributed by atoms with E-state index in [0.717, 1.165) is 25.9 Å². The van der Waals surface area contributed by atoms with Gasteiger partial charge in [-0.25, -0.2) is 4.39 Å². The van der Waals surface area contributed by atoms with Crippen molar-refractivity contribution in [3.63, 3.8) is 0 Å². The van der Waals surface area contributed by atoms with Crippen LogP contribution in [0.5, 0.6) is 5.75 Å². The predicted octanol–water partition coefficient (Wildman–Crippen LogP) is 1.49. The molecule has 6 nitrogen and oxygen atoms in total. The zero-order valence-corrected chi connectivity index (χ0v) is 11.6. The molecule has 1 fully saturated rings. The summed E-state index contributed by atoms with van der Waals surface area (Å²) in [6, 6.07) is 3.74. The zero-order valence-electron chi connectivity index (χ0n) is 11.6. The second kappa shape index (κ2) is 5.69. The van der Waals surface area contributed by atoms with Crippen LogP contribution in [0.25, 0.3) is 11.4 Å². The lowest BCUT2D eigenvalue weighted by Crippen LogP contribution is -2.36. The fraction of sp³-hybridized carbons (Fsp3) is 0.429. The third-order valence-corrected chi connectivity index (χ3v) is 3.92. The van der Waals surface area contributed by atoms with Gasteiger partial charge in [0, 0.05) is 13.1 Å². The van der Waals surface area contributed by atoms with E-state index in [2.05, 4.69) is 20.1 Å². The van der Waals surface area contributed by atoms with Crippen LogP contribution < -0.4 is 10.6 Å². The first-order valence-electron chi connectivity index (χ1n) is 7.03. The van der Waals surface area contributed by atoms with Gasteiger partial charge in [-0.1, -0.05) is 0 Å². The molecule has 0 amide bonds. The van der Waals surface area contributed by atoms with Crippen molar-refractivity contribution in [2.24, 2.45) is 11.7 Å². The van der Waals surface area contributed by atoms with Crippen molar-refractivity contribution in [2.45, 2.75) is 12.8 Å². The van der Waals surface area contributed by atoms with Crippen molar-refractivity contribution in [1.82, 2.24) is 15.2 Å². The third-order valence-electron chi connectivity index (χ3n) is 3.92.